The molecule has 0 saturated heterocycles. The fraction of sp³-hybridized carbons (Fsp3) is 0.0667. The molecule has 126 valence electrons. The highest BCUT2D eigenvalue weighted by Gasteiger charge is 2.31. The monoisotopic (exact) mass is 376 g/mol. The molecule has 0 bridgehead atoms. The van der Waals surface area contributed by atoms with Crippen LogP contribution in [0, 0.1) is 0 Å². The van der Waals surface area contributed by atoms with Gasteiger partial charge in [0.1, 0.15) is 5.69 Å². The molecule has 0 aliphatic heterocycles. The predicted molar refractivity (Wildman–Crippen MR) is 86.2 cm³/mol. The molecule has 0 unspecified atom stereocenters. The summed E-state index contributed by atoms with van der Waals surface area (Å²) >= 11 is 11.8. The molecule has 0 fully saturated rings. The van der Waals surface area contributed by atoms with Crippen molar-refractivity contribution in [2.75, 3.05) is 5.32 Å². The van der Waals surface area contributed by atoms with Crippen LogP contribution in [0.15, 0.2) is 41.3 Å². The number of alkyl halides is 3. The van der Waals surface area contributed by atoms with Gasteiger partial charge in [-0.25, -0.2) is 0 Å². The fourth-order valence-electron chi connectivity index (χ4n) is 1.74. The number of pyridine rings is 1. The second kappa shape index (κ2) is 7.11. The molecule has 0 radical (unpaired) electrons. The molecule has 2 rings (SSSR count). The molecule has 1 aromatic heterocycles. The van der Waals surface area contributed by atoms with Crippen molar-refractivity contribution in [3.63, 3.8) is 0 Å². The van der Waals surface area contributed by atoms with E-state index in [4.69, 9.17) is 23.2 Å². The molecule has 1 amide bonds. The van der Waals surface area contributed by atoms with Crippen LogP contribution in [-0.4, -0.2) is 10.9 Å². The van der Waals surface area contributed by atoms with Gasteiger partial charge < -0.3 is 10.3 Å². The van der Waals surface area contributed by atoms with Crippen LogP contribution in [-0.2, 0) is 11.0 Å². The third kappa shape index (κ3) is 4.39. The van der Waals surface area contributed by atoms with Crippen molar-refractivity contribution in [3.8, 4) is 0 Å². The van der Waals surface area contributed by atoms with Gasteiger partial charge in [0, 0.05) is 27.9 Å². The number of amides is 1. The lowest BCUT2D eigenvalue weighted by molar-refractivity contribution is -0.137. The SMILES string of the molecule is O=C(/C=C/c1c(Cl)cccc1Cl)Nc1cc(C(F)(F)F)c[nH]c1=O. The van der Waals surface area contributed by atoms with E-state index in [1.165, 1.54) is 6.08 Å². The lowest BCUT2D eigenvalue weighted by Crippen LogP contribution is -2.20. The normalized spacial score (nSPS) is 11.7. The number of anilines is 1. The smallest absolute Gasteiger partial charge is 0.327 e. The van der Waals surface area contributed by atoms with E-state index < -0.39 is 28.9 Å². The minimum atomic E-state index is -4.65. The highest BCUT2D eigenvalue weighted by atomic mass is 35.5. The number of halogens is 5. The first-order chi connectivity index (χ1) is 11.2. The molecule has 1 heterocycles. The van der Waals surface area contributed by atoms with Gasteiger partial charge in [-0.05, 0) is 24.3 Å². The summed E-state index contributed by atoms with van der Waals surface area (Å²) in [5, 5.41) is 2.67. The van der Waals surface area contributed by atoms with Gasteiger partial charge in [0.15, 0.2) is 0 Å². The molecule has 0 aliphatic carbocycles. The molecular weight excluding hydrogens is 368 g/mol. The minimum absolute atomic E-state index is 0.295. The summed E-state index contributed by atoms with van der Waals surface area (Å²) in [6.07, 6.45) is -1.82. The Bertz CT molecular complexity index is 840. The molecular formula is C15H9Cl2F3N2O2. The summed E-state index contributed by atoms with van der Waals surface area (Å²) in [4.78, 5) is 25.2. The topological polar surface area (TPSA) is 62.0 Å². The average Bonchev–Trinajstić information content (AvgIpc) is 2.48. The lowest BCUT2D eigenvalue weighted by atomic mass is 10.2. The summed E-state index contributed by atoms with van der Waals surface area (Å²) in [5.74, 6) is -0.809. The van der Waals surface area contributed by atoms with Gasteiger partial charge in [0.05, 0.1) is 5.56 Å². The number of carbonyl (C=O) groups excluding carboxylic acids is 1. The Balaban J connectivity index is 2.21. The molecule has 2 N–H and O–H groups in total. The number of benzene rings is 1. The van der Waals surface area contributed by atoms with E-state index in [-0.39, 0.29) is 0 Å². The third-order valence-corrected chi connectivity index (χ3v) is 3.55. The maximum absolute atomic E-state index is 12.6. The van der Waals surface area contributed by atoms with Gasteiger partial charge in [0.25, 0.3) is 5.56 Å². The number of hydrogen-bond acceptors (Lipinski definition) is 2. The molecule has 4 nitrogen and oxygen atoms in total. The lowest BCUT2D eigenvalue weighted by Gasteiger charge is -2.08. The first kappa shape index (κ1) is 18.1. The van der Waals surface area contributed by atoms with Crippen molar-refractivity contribution in [2.24, 2.45) is 0 Å². The number of aromatic nitrogens is 1. The Hall–Kier alpha value is -2.25. The standard InChI is InChI=1S/C15H9Cl2F3N2O2/c16-10-2-1-3-11(17)9(10)4-5-13(23)22-12-6-8(15(18,19)20)7-21-14(12)24/h1-7H,(H,21,24)(H,22,23)/b5-4+. The predicted octanol–water partition coefficient (Wildman–Crippen LogP) is 4.35. The Kier molecular flexibility index (Phi) is 5.36. The molecule has 1 aromatic carbocycles. The third-order valence-electron chi connectivity index (χ3n) is 2.89. The van der Waals surface area contributed by atoms with Crippen LogP contribution >= 0.6 is 23.2 Å². The van der Waals surface area contributed by atoms with Crippen molar-refractivity contribution in [1.82, 2.24) is 4.98 Å². The van der Waals surface area contributed by atoms with Gasteiger partial charge in [-0.2, -0.15) is 13.2 Å². The summed E-state index contributed by atoms with van der Waals surface area (Å²) in [7, 11) is 0. The Labute approximate surface area is 143 Å². The molecule has 2 aromatic rings. The van der Waals surface area contributed by atoms with Crippen LogP contribution in [0.2, 0.25) is 10.0 Å². The van der Waals surface area contributed by atoms with E-state index in [9.17, 15) is 22.8 Å². The maximum atomic E-state index is 12.6. The van der Waals surface area contributed by atoms with E-state index in [1.807, 2.05) is 4.98 Å². The summed E-state index contributed by atoms with van der Waals surface area (Å²) in [6.45, 7) is 0. The largest absolute Gasteiger partial charge is 0.417 e. The summed E-state index contributed by atoms with van der Waals surface area (Å²) in [5.41, 5.74) is -2.10. The average molecular weight is 377 g/mol. The Morgan fingerprint density at radius 3 is 2.42 bits per heavy atom. The number of aromatic amines is 1. The second-order valence-electron chi connectivity index (χ2n) is 4.59. The van der Waals surface area contributed by atoms with E-state index in [1.54, 1.807) is 18.2 Å². The quantitative estimate of drug-likeness (QED) is 0.782. The molecule has 0 aliphatic rings. The fourth-order valence-corrected chi connectivity index (χ4v) is 2.27. The maximum Gasteiger partial charge on any atom is 0.417 e. The van der Waals surface area contributed by atoms with Crippen molar-refractivity contribution in [2.45, 2.75) is 6.18 Å². The molecule has 9 heteroatoms. The van der Waals surface area contributed by atoms with Crippen molar-refractivity contribution in [3.05, 3.63) is 68.1 Å². The number of carbonyl (C=O) groups is 1. The van der Waals surface area contributed by atoms with Crippen molar-refractivity contribution < 1.29 is 18.0 Å². The zero-order chi connectivity index (χ0) is 17.9. The highest BCUT2D eigenvalue weighted by Crippen LogP contribution is 2.29. The number of hydrogen-bond donors (Lipinski definition) is 2. The molecule has 0 saturated carbocycles. The number of nitrogens with one attached hydrogen (secondary N) is 2. The van der Waals surface area contributed by atoms with Crippen LogP contribution in [0.4, 0.5) is 18.9 Å². The van der Waals surface area contributed by atoms with Crippen LogP contribution in [0.3, 0.4) is 0 Å². The number of H-pyrrole nitrogens is 1. The minimum Gasteiger partial charge on any atom is -0.327 e. The van der Waals surface area contributed by atoms with Crippen LogP contribution in [0.25, 0.3) is 6.08 Å². The molecule has 0 spiro atoms. The molecule has 24 heavy (non-hydrogen) atoms. The van der Waals surface area contributed by atoms with Gasteiger partial charge in [0.2, 0.25) is 5.91 Å². The highest BCUT2D eigenvalue weighted by molar-refractivity contribution is 6.37. The van der Waals surface area contributed by atoms with Gasteiger partial charge >= 0.3 is 6.18 Å². The van der Waals surface area contributed by atoms with Crippen LogP contribution < -0.4 is 10.9 Å². The van der Waals surface area contributed by atoms with Crippen LogP contribution in [0.5, 0.6) is 0 Å². The van der Waals surface area contributed by atoms with Gasteiger partial charge in [-0.15, -0.1) is 0 Å². The first-order valence-corrected chi connectivity index (χ1v) is 7.17. The van der Waals surface area contributed by atoms with E-state index in [0.29, 0.717) is 27.9 Å². The zero-order valence-corrected chi connectivity index (χ0v) is 13.3. The van der Waals surface area contributed by atoms with E-state index >= 15 is 0 Å². The summed E-state index contributed by atoms with van der Waals surface area (Å²) in [6, 6.07) is 5.28. The molecule has 0 atom stereocenters. The summed E-state index contributed by atoms with van der Waals surface area (Å²) < 4.78 is 37.9. The van der Waals surface area contributed by atoms with Crippen molar-refractivity contribution >= 4 is 40.9 Å². The second-order valence-corrected chi connectivity index (χ2v) is 5.40. The first-order valence-electron chi connectivity index (χ1n) is 6.41. The van der Waals surface area contributed by atoms with Crippen LogP contribution in [0.1, 0.15) is 11.1 Å². The number of rotatable bonds is 3. The van der Waals surface area contributed by atoms with Gasteiger partial charge in [-0.1, -0.05) is 29.3 Å². The van der Waals surface area contributed by atoms with E-state index in [2.05, 4.69) is 5.32 Å². The van der Waals surface area contributed by atoms with Crippen molar-refractivity contribution in [1.29, 1.82) is 0 Å². The Morgan fingerprint density at radius 2 is 1.83 bits per heavy atom. The Morgan fingerprint density at radius 1 is 1.21 bits per heavy atom. The zero-order valence-electron chi connectivity index (χ0n) is 11.7. The van der Waals surface area contributed by atoms with E-state index in [0.717, 1.165) is 6.08 Å². The van der Waals surface area contributed by atoms with Gasteiger partial charge in [-0.3, -0.25) is 9.59 Å².